The molecule has 3 aromatic rings. The maximum atomic E-state index is 6.29. The summed E-state index contributed by atoms with van der Waals surface area (Å²) in [4.78, 5) is 2.43. The Morgan fingerprint density at radius 3 is 2.70 bits per heavy atom. The Bertz CT molecular complexity index is 844. The highest BCUT2D eigenvalue weighted by Crippen LogP contribution is 2.49. The van der Waals surface area contributed by atoms with Crippen molar-refractivity contribution in [2.45, 2.75) is 11.4 Å². The Labute approximate surface area is 148 Å². The lowest BCUT2D eigenvalue weighted by Gasteiger charge is -2.29. The van der Waals surface area contributed by atoms with Gasteiger partial charge in [-0.3, -0.25) is 0 Å². The molecule has 0 fully saturated rings. The fraction of sp³-hybridized carbons (Fsp3) is 0.111. The fourth-order valence-corrected chi connectivity index (χ4v) is 4.99. The maximum absolute atomic E-state index is 6.29. The molecule has 4 rings (SSSR count). The predicted octanol–water partition coefficient (Wildman–Crippen LogP) is 6.10. The van der Waals surface area contributed by atoms with Gasteiger partial charge in [-0.25, -0.2) is 0 Å². The summed E-state index contributed by atoms with van der Waals surface area (Å²) < 4.78 is 8.36. The van der Waals surface area contributed by atoms with Crippen molar-refractivity contribution in [3.8, 4) is 16.2 Å². The molecule has 1 aliphatic heterocycles. The number of ether oxygens (including phenoxy) is 1. The summed E-state index contributed by atoms with van der Waals surface area (Å²) in [5, 5.41) is 0. The van der Waals surface area contributed by atoms with Crippen LogP contribution in [0.1, 0.15) is 5.56 Å². The summed E-state index contributed by atoms with van der Waals surface area (Å²) in [6.45, 7) is 0.868. The van der Waals surface area contributed by atoms with Gasteiger partial charge in [-0.2, -0.15) is 0 Å². The Morgan fingerprint density at radius 2 is 1.91 bits per heavy atom. The molecule has 0 aliphatic carbocycles. The van der Waals surface area contributed by atoms with Gasteiger partial charge in [0.1, 0.15) is 5.75 Å². The first-order chi connectivity index (χ1) is 11.2. The summed E-state index contributed by atoms with van der Waals surface area (Å²) in [5.41, 5.74) is 3.82. The van der Waals surface area contributed by atoms with Crippen LogP contribution in [0.3, 0.4) is 0 Å². The van der Waals surface area contributed by atoms with Crippen LogP contribution in [0, 0.1) is 0 Å². The van der Waals surface area contributed by atoms with Crippen molar-refractivity contribution in [3.63, 3.8) is 0 Å². The maximum Gasteiger partial charge on any atom is 0.118 e. The van der Waals surface area contributed by atoms with E-state index in [0.717, 1.165) is 16.6 Å². The Kier molecular flexibility index (Phi) is 3.97. The molecule has 0 unspecified atom stereocenters. The Balaban J connectivity index is 1.69. The van der Waals surface area contributed by atoms with Crippen molar-refractivity contribution in [3.05, 3.63) is 64.5 Å². The number of methoxy groups -OCH3 is 1. The van der Waals surface area contributed by atoms with Crippen LogP contribution in [0.4, 0.5) is 5.69 Å². The largest absolute Gasteiger partial charge is 0.497 e. The highest BCUT2D eigenvalue weighted by Gasteiger charge is 2.25. The molecule has 0 radical (unpaired) electrons. The van der Waals surface area contributed by atoms with Gasteiger partial charge in [-0.1, -0.05) is 35.9 Å². The number of hydrogen-bond donors (Lipinski definition) is 0. The zero-order valence-electron chi connectivity index (χ0n) is 12.5. The lowest BCUT2D eigenvalue weighted by atomic mass is 10.0. The topological polar surface area (TPSA) is 12.5 Å². The summed E-state index contributed by atoms with van der Waals surface area (Å²) in [7, 11) is 1.68. The average Bonchev–Trinajstić information content (AvgIpc) is 2.98. The quantitative estimate of drug-likeness (QED) is 0.524. The molecule has 1 aliphatic rings. The van der Waals surface area contributed by atoms with E-state index in [0.29, 0.717) is 0 Å². The third kappa shape index (κ3) is 2.82. The number of fused-ring (bicyclic) bond motifs is 3. The number of halogens is 1. The summed E-state index contributed by atoms with van der Waals surface area (Å²) in [6.07, 6.45) is 0. The van der Waals surface area contributed by atoms with E-state index in [9.17, 15) is 0 Å². The van der Waals surface area contributed by atoms with Gasteiger partial charge < -0.3 is 9.04 Å². The first-order valence-corrected chi connectivity index (χ1v) is 9.18. The van der Waals surface area contributed by atoms with E-state index in [1.54, 1.807) is 30.4 Å². The van der Waals surface area contributed by atoms with Gasteiger partial charge >= 0.3 is 0 Å². The number of benzene rings is 2. The van der Waals surface area contributed by atoms with Gasteiger partial charge in [0.15, 0.2) is 0 Å². The molecule has 0 atom stereocenters. The molecule has 0 bridgehead atoms. The highest BCUT2D eigenvalue weighted by molar-refractivity contribution is 8.00. The number of anilines is 1. The van der Waals surface area contributed by atoms with Crippen LogP contribution in [0.2, 0.25) is 4.34 Å². The first-order valence-electron chi connectivity index (χ1n) is 7.22. The van der Waals surface area contributed by atoms with E-state index >= 15 is 0 Å². The standard InChI is InChI=1S/C18H14ClNOS2/c1-21-13-6-8-14(9-7-13)23-20-11-12-4-2-3-5-15(12)18-16(20)10-17(19)22-18/h2-10H,11H2,1H3. The van der Waals surface area contributed by atoms with Gasteiger partial charge in [0.2, 0.25) is 0 Å². The number of rotatable bonds is 3. The molecular formula is C18H14ClNOS2. The summed E-state index contributed by atoms with van der Waals surface area (Å²) >= 11 is 9.66. The van der Waals surface area contributed by atoms with Crippen molar-refractivity contribution in [2.24, 2.45) is 0 Å². The van der Waals surface area contributed by atoms with Crippen LogP contribution < -0.4 is 9.04 Å². The van der Waals surface area contributed by atoms with Crippen molar-refractivity contribution >= 4 is 40.6 Å². The van der Waals surface area contributed by atoms with Crippen molar-refractivity contribution in [1.82, 2.24) is 0 Å². The molecule has 23 heavy (non-hydrogen) atoms. The van der Waals surface area contributed by atoms with Crippen LogP contribution in [0.15, 0.2) is 59.5 Å². The summed E-state index contributed by atoms with van der Waals surface area (Å²) in [5.74, 6) is 0.873. The second kappa shape index (κ2) is 6.11. The SMILES string of the molecule is COc1ccc(SN2Cc3ccccc3-c3sc(Cl)cc32)cc1. The zero-order chi connectivity index (χ0) is 15.8. The monoisotopic (exact) mass is 359 g/mol. The van der Waals surface area contributed by atoms with Crippen LogP contribution in [0.25, 0.3) is 10.4 Å². The van der Waals surface area contributed by atoms with E-state index in [1.807, 2.05) is 12.1 Å². The van der Waals surface area contributed by atoms with Crippen molar-refractivity contribution < 1.29 is 4.74 Å². The second-order valence-corrected chi connectivity index (χ2v) is 8.00. The van der Waals surface area contributed by atoms with Gasteiger partial charge in [0, 0.05) is 4.90 Å². The molecule has 0 amide bonds. The van der Waals surface area contributed by atoms with Crippen LogP contribution in [0.5, 0.6) is 5.75 Å². The molecule has 0 saturated carbocycles. The highest BCUT2D eigenvalue weighted by atomic mass is 35.5. The first kappa shape index (κ1) is 14.9. The molecule has 5 heteroatoms. The third-order valence-electron chi connectivity index (χ3n) is 3.80. The Morgan fingerprint density at radius 1 is 1.13 bits per heavy atom. The Hall–Kier alpha value is -1.62. The minimum absolute atomic E-state index is 0.826. The van der Waals surface area contributed by atoms with Gasteiger partial charge in [0.05, 0.1) is 28.6 Å². The van der Waals surface area contributed by atoms with Gasteiger partial charge in [-0.05, 0) is 53.4 Å². The molecular weight excluding hydrogens is 346 g/mol. The minimum Gasteiger partial charge on any atom is -0.497 e. The molecule has 0 spiro atoms. The normalized spacial score (nSPS) is 12.7. The second-order valence-electron chi connectivity index (χ2n) is 5.23. The predicted molar refractivity (Wildman–Crippen MR) is 99.8 cm³/mol. The van der Waals surface area contributed by atoms with Gasteiger partial charge in [-0.15, -0.1) is 11.3 Å². The van der Waals surface area contributed by atoms with E-state index < -0.39 is 0 Å². The van der Waals surface area contributed by atoms with Gasteiger partial charge in [0.25, 0.3) is 0 Å². The lowest BCUT2D eigenvalue weighted by molar-refractivity contribution is 0.414. The molecule has 2 aromatic carbocycles. The smallest absolute Gasteiger partial charge is 0.118 e. The third-order valence-corrected chi connectivity index (χ3v) is 6.12. The lowest BCUT2D eigenvalue weighted by Crippen LogP contribution is -2.17. The molecule has 0 N–H and O–H groups in total. The molecule has 2 nitrogen and oxygen atoms in total. The molecule has 116 valence electrons. The van der Waals surface area contributed by atoms with Crippen LogP contribution in [-0.2, 0) is 6.54 Å². The fourth-order valence-electron chi connectivity index (χ4n) is 2.70. The van der Waals surface area contributed by atoms with Crippen molar-refractivity contribution in [2.75, 3.05) is 11.4 Å². The van der Waals surface area contributed by atoms with Crippen LogP contribution in [-0.4, -0.2) is 7.11 Å². The van der Waals surface area contributed by atoms with Crippen molar-refractivity contribution in [1.29, 1.82) is 0 Å². The van der Waals surface area contributed by atoms with E-state index in [1.165, 1.54) is 26.6 Å². The minimum atomic E-state index is 0.826. The number of thiophene rings is 1. The van der Waals surface area contributed by atoms with E-state index in [2.05, 4.69) is 46.8 Å². The molecule has 1 aromatic heterocycles. The van der Waals surface area contributed by atoms with E-state index in [4.69, 9.17) is 16.3 Å². The average molecular weight is 360 g/mol. The number of nitrogens with zero attached hydrogens (tertiary/aromatic N) is 1. The number of hydrogen-bond acceptors (Lipinski definition) is 4. The van der Waals surface area contributed by atoms with E-state index in [-0.39, 0.29) is 0 Å². The molecule has 0 saturated heterocycles. The zero-order valence-corrected chi connectivity index (χ0v) is 14.8. The van der Waals surface area contributed by atoms with Crippen LogP contribution >= 0.6 is 34.9 Å². The summed E-state index contributed by atoms with van der Waals surface area (Å²) in [6, 6.07) is 18.7. The molecule has 2 heterocycles.